The quantitative estimate of drug-likeness (QED) is 0.0326. The van der Waals surface area contributed by atoms with E-state index in [0.29, 0.717) is 82.5 Å². The molecule has 2 fully saturated rings. The van der Waals surface area contributed by atoms with E-state index in [1.165, 1.54) is 0 Å². The van der Waals surface area contributed by atoms with Crippen LogP contribution < -0.4 is 52.8 Å². The van der Waals surface area contributed by atoms with Gasteiger partial charge in [-0.25, -0.2) is 9.97 Å². The molecule has 5 rings (SSSR count). The molecule has 1 aromatic heterocycles. The molecule has 2 saturated heterocycles. The SMILES string of the molecule is CCCCCC(=O)Nc1cc(C(F)(F)F)cc(NC(=O)c2cc(C(=O)Nc3cc(C(F)(F)F)cc(NC(=O)CCCCN=C(N)N)c3OC3CCNC3)ncn2)c1OC1CCNC1. The highest BCUT2D eigenvalue weighted by Gasteiger charge is 2.36. The largest absolute Gasteiger partial charge is 0.485 e. The fraction of sp³-hybridized carbons (Fsp3) is 0.475. The van der Waals surface area contributed by atoms with Crippen molar-refractivity contribution in [2.24, 2.45) is 16.5 Å². The van der Waals surface area contributed by atoms with Gasteiger partial charge in [0.15, 0.2) is 17.5 Å². The molecular weight excluding hydrogens is 844 g/mol. The summed E-state index contributed by atoms with van der Waals surface area (Å²) in [4.78, 5) is 64.8. The Morgan fingerprint density at radius 1 is 0.683 bits per heavy atom. The number of aromatic nitrogens is 2. The highest BCUT2D eigenvalue weighted by molar-refractivity contribution is 6.09. The number of amides is 4. The number of hydrogen-bond acceptors (Lipinski definition) is 11. The van der Waals surface area contributed by atoms with Gasteiger partial charge in [0.1, 0.15) is 29.9 Å². The zero-order valence-electron chi connectivity index (χ0n) is 34.2. The van der Waals surface area contributed by atoms with Gasteiger partial charge in [-0.3, -0.25) is 24.2 Å². The van der Waals surface area contributed by atoms with Crippen molar-refractivity contribution >= 4 is 52.3 Å². The van der Waals surface area contributed by atoms with Crippen molar-refractivity contribution in [1.29, 1.82) is 0 Å². The van der Waals surface area contributed by atoms with Crippen LogP contribution in [0.1, 0.15) is 96.8 Å². The van der Waals surface area contributed by atoms with E-state index >= 15 is 0 Å². The Bertz CT molecular complexity index is 2140. The first-order valence-electron chi connectivity index (χ1n) is 20.3. The summed E-state index contributed by atoms with van der Waals surface area (Å²) in [6.07, 6.45) is -6.68. The number of carbonyl (C=O) groups is 4. The number of nitrogens with one attached hydrogen (secondary N) is 6. The predicted octanol–water partition coefficient (Wildman–Crippen LogP) is 5.40. The number of anilines is 4. The smallest absolute Gasteiger partial charge is 0.416 e. The molecule has 0 aliphatic carbocycles. The van der Waals surface area contributed by atoms with Crippen molar-refractivity contribution in [3.05, 3.63) is 59.2 Å². The molecule has 63 heavy (non-hydrogen) atoms. The minimum Gasteiger partial charge on any atom is -0.485 e. The summed E-state index contributed by atoms with van der Waals surface area (Å²) in [5.74, 6) is -4.15. The fourth-order valence-corrected chi connectivity index (χ4v) is 6.55. The number of unbranched alkanes of at least 4 members (excludes halogenated alkanes) is 3. The molecule has 0 radical (unpaired) electrons. The number of alkyl halides is 6. The Kier molecular flexibility index (Phi) is 16.5. The van der Waals surface area contributed by atoms with Gasteiger partial charge in [0.25, 0.3) is 11.8 Å². The summed E-state index contributed by atoms with van der Waals surface area (Å²) in [6.45, 7) is 3.85. The van der Waals surface area contributed by atoms with E-state index in [-0.39, 0.29) is 54.6 Å². The van der Waals surface area contributed by atoms with Crippen LogP contribution >= 0.6 is 0 Å². The molecule has 2 atom stereocenters. The zero-order chi connectivity index (χ0) is 45.7. The lowest BCUT2D eigenvalue weighted by molar-refractivity contribution is -0.138. The van der Waals surface area contributed by atoms with Crippen molar-refractivity contribution in [2.75, 3.05) is 54.0 Å². The summed E-state index contributed by atoms with van der Waals surface area (Å²) < 4.78 is 97.6. The van der Waals surface area contributed by atoms with E-state index in [4.69, 9.17) is 20.9 Å². The maximum atomic E-state index is 14.3. The second kappa shape index (κ2) is 21.7. The van der Waals surface area contributed by atoms with E-state index < -0.39 is 82.1 Å². The van der Waals surface area contributed by atoms with Crippen LogP contribution in [0, 0.1) is 0 Å². The number of guanidine groups is 1. The summed E-state index contributed by atoms with van der Waals surface area (Å²) in [5.41, 5.74) is 5.42. The highest BCUT2D eigenvalue weighted by atomic mass is 19.4. The summed E-state index contributed by atoms with van der Waals surface area (Å²) in [7, 11) is 0. The maximum Gasteiger partial charge on any atom is 0.416 e. The molecule has 3 aromatic rings. The average Bonchev–Trinajstić information content (AvgIpc) is 3.94. The van der Waals surface area contributed by atoms with Gasteiger partial charge in [-0.15, -0.1) is 0 Å². The first-order chi connectivity index (χ1) is 29.9. The van der Waals surface area contributed by atoms with Crippen LogP contribution in [0.25, 0.3) is 0 Å². The third kappa shape index (κ3) is 14.1. The van der Waals surface area contributed by atoms with Gasteiger partial charge in [0.05, 0.1) is 33.9 Å². The average molecular weight is 894 g/mol. The minimum absolute atomic E-state index is 0.0205. The Morgan fingerprint density at radius 3 is 1.49 bits per heavy atom. The summed E-state index contributed by atoms with van der Waals surface area (Å²) in [5, 5.41) is 15.8. The molecular formula is C40H49F6N11O6. The molecule has 0 saturated carbocycles. The topological polar surface area (TPSA) is 249 Å². The van der Waals surface area contributed by atoms with E-state index in [1.807, 2.05) is 6.92 Å². The Morgan fingerprint density at radius 2 is 1.11 bits per heavy atom. The standard InChI is InChI=1S/C40H49F6N11O6/c1-2-3-4-7-32(58)54-26-14-22(39(41,42)43)16-28(34(26)62-24-9-12-49-19-24)56-36(60)30-18-31(53-21-52-30)37(61)57-29-17-23(40(44,45)46)15-27(35(29)63-25-10-13-50-20-25)55-33(59)8-5-6-11-51-38(47)48/h14-18,21,24-25,49-50H,2-13,19-20H2,1H3,(H,54,58)(H,55,59)(H,56,60)(H,57,61)(H4,47,48,51). The first-order valence-corrected chi connectivity index (χ1v) is 20.3. The summed E-state index contributed by atoms with van der Waals surface area (Å²) >= 11 is 0. The molecule has 2 aromatic carbocycles. The lowest BCUT2D eigenvalue weighted by Crippen LogP contribution is -2.24. The number of hydrogen-bond donors (Lipinski definition) is 8. The van der Waals surface area contributed by atoms with Crippen LogP contribution in [0.4, 0.5) is 49.1 Å². The monoisotopic (exact) mass is 893 g/mol. The highest BCUT2D eigenvalue weighted by Crippen LogP contribution is 2.43. The molecule has 17 nitrogen and oxygen atoms in total. The Hall–Kier alpha value is -6.23. The number of aliphatic imine (C=N–C) groups is 1. The van der Waals surface area contributed by atoms with Gasteiger partial charge >= 0.3 is 12.4 Å². The molecule has 342 valence electrons. The Balaban J connectivity index is 1.45. The van der Waals surface area contributed by atoms with Crippen molar-refractivity contribution in [3.63, 3.8) is 0 Å². The van der Waals surface area contributed by atoms with E-state index in [0.717, 1.165) is 18.8 Å². The molecule has 10 N–H and O–H groups in total. The molecule has 3 heterocycles. The van der Waals surface area contributed by atoms with Gasteiger partial charge in [-0.05, 0) is 69.5 Å². The number of nitrogens with zero attached hydrogens (tertiary/aromatic N) is 3. The van der Waals surface area contributed by atoms with E-state index in [1.54, 1.807) is 0 Å². The van der Waals surface area contributed by atoms with Crippen molar-refractivity contribution in [3.8, 4) is 11.5 Å². The lowest BCUT2D eigenvalue weighted by Gasteiger charge is -2.22. The van der Waals surface area contributed by atoms with Crippen molar-refractivity contribution in [1.82, 2.24) is 20.6 Å². The molecule has 4 amide bonds. The Labute approximate surface area is 357 Å². The normalized spacial score (nSPS) is 16.2. The van der Waals surface area contributed by atoms with E-state index in [9.17, 15) is 45.5 Å². The van der Waals surface area contributed by atoms with Gasteiger partial charge in [-0.1, -0.05) is 19.8 Å². The second-order valence-corrected chi connectivity index (χ2v) is 14.8. The number of nitrogens with two attached hydrogens (primary N) is 2. The van der Waals surface area contributed by atoms with Gasteiger partial charge in [-0.2, -0.15) is 26.3 Å². The number of ether oxygens (including phenoxy) is 2. The minimum atomic E-state index is -4.95. The first kappa shape index (κ1) is 47.8. The van der Waals surface area contributed by atoms with Crippen molar-refractivity contribution < 1.29 is 55.0 Å². The molecule has 2 aliphatic rings. The molecule has 23 heteroatoms. The summed E-state index contributed by atoms with van der Waals surface area (Å²) in [6, 6.07) is 3.51. The predicted molar refractivity (Wildman–Crippen MR) is 221 cm³/mol. The van der Waals surface area contributed by atoms with Crippen LogP contribution in [0.3, 0.4) is 0 Å². The van der Waals surface area contributed by atoms with Crippen LogP contribution in [-0.2, 0) is 21.9 Å². The molecule has 0 bridgehead atoms. The molecule has 0 spiro atoms. The van der Waals surface area contributed by atoms with Crippen molar-refractivity contribution in [2.45, 2.75) is 89.3 Å². The van der Waals surface area contributed by atoms with Gasteiger partial charge in [0.2, 0.25) is 11.8 Å². The van der Waals surface area contributed by atoms with Crippen LogP contribution in [0.15, 0.2) is 41.7 Å². The van der Waals surface area contributed by atoms with Crippen LogP contribution in [0.5, 0.6) is 11.5 Å². The van der Waals surface area contributed by atoms with Crippen LogP contribution in [-0.4, -0.2) is 84.5 Å². The van der Waals surface area contributed by atoms with Crippen LogP contribution in [0.2, 0.25) is 0 Å². The third-order valence-corrected chi connectivity index (χ3v) is 9.72. The number of halogens is 6. The zero-order valence-corrected chi connectivity index (χ0v) is 34.2. The third-order valence-electron chi connectivity index (χ3n) is 9.72. The number of carbonyl (C=O) groups excluding carboxylic acids is 4. The van der Waals surface area contributed by atoms with E-state index in [2.05, 4.69) is 46.9 Å². The fourth-order valence-electron chi connectivity index (χ4n) is 6.55. The van der Waals surface area contributed by atoms with Gasteiger partial charge in [0, 0.05) is 38.5 Å². The number of rotatable bonds is 19. The maximum absolute atomic E-state index is 14.3. The van der Waals surface area contributed by atoms with Gasteiger partial charge < -0.3 is 52.8 Å². The number of benzene rings is 2. The molecule has 2 aliphatic heterocycles. The lowest BCUT2D eigenvalue weighted by atomic mass is 10.1. The molecule has 2 unspecified atom stereocenters. The second-order valence-electron chi connectivity index (χ2n) is 14.8.